The molecule has 568 valence electrons. The van der Waals surface area contributed by atoms with Gasteiger partial charge >= 0.3 is 105 Å². The number of cyclic esters (lactones) is 6. The molecule has 101 heavy (non-hydrogen) atoms. The van der Waals surface area contributed by atoms with Crippen LogP contribution in [0, 0.1) is 0 Å². The average Bonchev–Trinajstić information content (AvgIpc) is 1.73. The topological polar surface area (TPSA) is 1020 Å². The number of phosphoric acid groups is 6. The summed E-state index contributed by atoms with van der Waals surface area (Å²) in [6.07, 6.45) is -19.8. The molecule has 12 atom stereocenters. The maximum atomic E-state index is 10.9. The SMILES string of the molecule is O.O.O=C1OC(C(O)CO)C(O)=C1OP(=O)([O-])[O-].O=C1OC(C(O)CO)C(O)=C1OP(=O)([O-])[O-].O=C1OC(C(O)CO)C(O)=C1OP(=O)([O-])[O-].O=C1OC(C(O)CO)C(O)=C1OP(=O)([O-])[O-].O=C1OC(C(O)CO)C(O)=C1OP(=O)([O-])[O-].O=C1OC(C(O)CO)C(O)=C1OP(=O)([O-])[O-].[Mg+2].[Mg+2].[Mg+2]. The number of phosphoric ester groups is 6. The van der Waals surface area contributed by atoms with Crippen molar-refractivity contribution in [2.24, 2.45) is 0 Å². The van der Waals surface area contributed by atoms with Crippen LogP contribution in [0.5, 0.6) is 0 Å². The van der Waals surface area contributed by atoms with Gasteiger partial charge in [-0.15, -0.1) is 0 Å². The molecule has 0 aromatic rings. The number of hydrogen-bond acceptors (Lipinski definition) is 54. The molecule has 56 nitrogen and oxygen atoms in total. The Labute approximate surface area is 604 Å². The normalized spacial score (nSPS) is 22.1. The summed E-state index contributed by atoms with van der Waals surface area (Å²) in [7, 11) is -33.1. The van der Waals surface area contributed by atoms with Crippen LogP contribution in [0.1, 0.15) is 0 Å². The Kier molecular flexibility index (Phi) is 45.6. The molecule has 0 spiro atoms. The summed E-state index contributed by atoms with van der Waals surface area (Å²) in [6.45, 7) is -5.07. The molecule has 6 aliphatic heterocycles. The first kappa shape index (κ1) is 105. The largest absolute Gasteiger partial charge is 2.00 e. The van der Waals surface area contributed by atoms with Gasteiger partial charge in [-0.2, -0.15) is 0 Å². The summed E-state index contributed by atoms with van der Waals surface area (Å²) in [6, 6.07) is 0. The number of aliphatic hydroxyl groups is 18. The van der Waals surface area contributed by atoms with Crippen LogP contribution in [0.25, 0.3) is 0 Å². The molecule has 0 bridgehead atoms. The molecule has 0 aromatic heterocycles. The predicted molar refractivity (Wildman–Crippen MR) is 272 cm³/mol. The number of esters is 6. The third-order valence-electron chi connectivity index (χ3n) is 9.97. The maximum Gasteiger partial charge on any atom is 2.00 e. The van der Waals surface area contributed by atoms with Crippen LogP contribution in [-0.2, 0) is 112 Å². The van der Waals surface area contributed by atoms with E-state index in [2.05, 4.69) is 55.6 Å². The quantitative estimate of drug-likeness (QED) is 0.0185. The van der Waals surface area contributed by atoms with E-state index in [1.165, 1.54) is 0 Å². The van der Waals surface area contributed by atoms with Gasteiger partial charge in [0.25, 0.3) is 34.6 Å². The predicted octanol–water partition coefficient (Wildman–Crippen LogP) is -21.5. The Morgan fingerprint density at radius 3 is 0.426 bits per heavy atom. The minimum Gasteiger partial charge on any atom is -0.780 e. The second-order valence-corrected chi connectivity index (χ2v) is 23.4. The molecule has 0 radical (unpaired) electrons. The van der Waals surface area contributed by atoms with E-state index in [-0.39, 0.29) is 80.1 Å². The van der Waals surface area contributed by atoms with Gasteiger partial charge in [-0.25, -0.2) is 28.8 Å². The van der Waals surface area contributed by atoms with Gasteiger partial charge in [0, 0.05) is 0 Å². The molecular weight excluding hydrogens is 1590 g/mol. The van der Waals surface area contributed by atoms with Gasteiger partial charge in [-0.3, -0.25) is 0 Å². The minimum absolute atomic E-state index is 0. The Balaban J connectivity index is -0.000000361. The molecule has 6 heterocycles. The van der Waals surface area contributed by atoms with Gasteiger partial charge in [0.2, 0.25) is 0 Å². The number of hydrogen-bond donors (Lipinski definition) is 18. The van der Waals surface area contributed by atoms with Crippen LogP contribution in [0.15, 0.2) is 69.1 Å². The summed E-state index contributed by atoms with van der Waals surface area (Å²) in [5.41, 5.74) is 0. The Bertz CT molecular complexity index is 2790. The first-order valence-corrected chi connectivity index (χ1v) is 32.2. The van der Waals surface area contributed by atoms with Gasteiger partial charge in [0.1, 0.15) is 83.6 Å². The number of ether oxygens (including phenoxy) is 6. The molecule has 0 amide bonds. The van der Waals surface area contributed by atoms with Gasteiger partial charge < -0.3 is 245 Å². The van der Waals surface area contributed by atoms with E-state index < -0.39 is 265 Å². The molecule has 65 heteroatoms. The van der Waals surface area contributed by atoms with Crippen LogP contribution in [0.3, 0.4) is 0 Å². The Morgan fingerprint density at radius 1 is 0.267 bits per heavy atom. The molecule has 0 fully saturated rings. The Hall–Kier alpha value is -4.50. The van der Waals surface area contributed by atoms with Gasteiger partial charge in [0.15, 0.2) is 71.2 Å². The third-order valence-corrected chi connectivity index (χ3v) is 12.4. The number of carbonyl (C=O) groups is 6. The van der Waals surface area contributed by atoms with Crippen molar-refractivity contribution in [3.63, 3.8) is 0 Å². The van der Waals surface area contributed by atoms with Gasteiger partial charge in [-0.05, 0) is 0 Å². The summed E-state index contributed by atoms with van der Waals surface area (Å²) in [5.74, 6) is -22.0. The van der Waals surface area contributed by atoms with E-state index in [1.807, 2.05) is 0 Å². The molecule has 6 rings (SSSR count). The van der Waals surface area contributed by atoms with Crippen molar-refractivity contribution in [1.82, 2.24) is 0 Å². The number of rotatable bonds is 24. The van der Waals surface area contributed by atoms with Crippen LogP contribution in [-0.4, -0.2) is 321 Å². The summed E-state index contributed by atoms with van der Waals surface area (Å²) >= 11 is 0. The zero-order valence-corrected chi connectivity index (χ0v) is 58.3. The van der Waals surface area contributed by atoms with Gasteiger partial charge in [-0.1, -0.05) is 0 Å². The Morgan fingerprint density at radius 2 is 0.356 bits per heavy atom. The molecular formula is C36H46Mg3O56P6-6. The van der Waals surface area contributed by atoms with E-state index >= 15 is 0 Å². The van der Waals surface area contributed by atoms with Crippen LogP contribution in [0.4, 0.5) is 0 Å². The fourth-order valence-electron chi connectivity index (χ4n) is 6.06. The molecule has 0 saturated carbocycles. The molecule has 0 aromatic carbocycles. The second-order valence-electron chi connectivity index (χ2n) is 17.0. The third kappa shape index (κ3) is 33.7. The van der Waals surface area contributed by atoms with Crippen molar-refractivity contribution in [2.75, 3.05) is 39.6 Å². The zero-order valence-electron chi connectivity index (χ0n) is 48.7. The van der Waals surface area contributed by atoms with E-state index in [0.29, 0.717) is 0 Å². The van der Waals surface area contributed by atoms with E-state index in [1.54, 1.807) is 0 Å². The monoisotopic (exact) mass is 1630 g/mol. The van der Waals surface area contributed by atoms with E-state index in [4.69, 9.17) is 61.3 Å². The van der Waals surface area contributed by atoms with E-state index in [0.717, 1.165) is 0 Å². The van der Waals surface area contributed by atoms with E-state index in [9.17, 15) is 146 Å². The van der Waals surface area contributed by atoms with Crippen molar-refractivity contribution in [3.8, 4) is 0 Å². The van der Waals surface area contributed by atoms with Gasteiger partial charge in [0.05, 0.1) is 39.6 Å². The second kappa shape index (κ2) is 43.8. The molecule has 0 saturated heterocycles. The summed E-state index contributed by atoms with van der Waals surface area (Å²) < 4.78 is 109. The fraction of sp³-hybridized carbons (Fsp3) is 0.500. The minimum atomic E-state index is -5.52. The number of carbonyl (C=O) groups excluding carboxylic acids is 6. The maximum absolute atomic E-state index is 10.9. The van der Waals surface area contributed by atoms with Crippen molar-refractivity contribution in [3.05, 3.63) is 69.1 Å². The average molecular weight is 1630 g/mol. The zero-order chi connectivity index (χ0) is 75.0. The van der Waals surface area contributed by atoms with Crippen molar-refractivity contribution < 1.29 is 273 Å². The van der Waals surface area contributed by atoms with Crippen LogP contribution < -0.4 is 58.7 Å². The molecule has 12 unspecified atom stereocenters. The first-order valence-electron chi connectivity index (χ1n) is 23.4. The van der Waals surface area contributed by atoms with Crippen LogP contribution in [0.2, 0.25) is 0 Å². The van der Waals surface area contributed by atoms with Crippen molar-refractivity contribution in [2.45, 2.75) is 73.2 Å². The summed E-state index contributed by atoms with van der Waals surface area (Å²) in [4.78, 5) is 188. The molecule has 22 N–H and O–H groups in total. The molecule has 0 aliphatic carbocycles. The number of aliphatic hydroxyl groups excluding tert-OH is 18. The first-order chi connectivity index (χ1) is 43.6. The summed E-state index contributed by atoms with van der Waals surface area (Å²) in [5, 5.41) is 161. The van der Waals surface area contributed by atoms with Crippen LogP contribution >= 0.6 is 46.9 Å². The fourth-order valence-corrected chi connectivity index (χ4v) is 8.41. The van der Waals surface area contributed by atoms with Crippen molar-refractivity contribution >= 4 is 152 Å². The molecule has 6 aliphatic rings. The smallest absolute Gasteiger partial charge is 0.780 e. The van der Waals surface area contributed by atoms with Crippen molar-refractivity contribution in [1.29, 1.82) is 0 Å². The standard InChI is InChI=1S/6C6H9O9P.3Mg.2H2O/c6*7-1-2(8)4-3(9)5(6(10)14-4)15-16(11,12)13;;;;;/h6*2,4,7-9H,1H2,(H2,11,12,13);;;;2*1H2/q;;;;;;3*+2;;/p-12.